The molecule has 8 heteroatoms. The fourth-order valence-corrected chi connectivity index (χ4v) is 0. The molecule has 3 N–H and O–H groups in total. The molecular formula is C4H9F3O4P+. The molecule has 0 aromatic heterocycles. The van der Waals surface area contributed by atoms with E-state index >= 15 is 0 Å². The van der Waals surface area contributed by atoms with Crippen molar-refractivity contribution in [2.45, 2.75) is 25.6 Å². The van der Waals surface area contributed by atoms with Crippen LogP contribution in [0.25, 0.3) is 0 Å². The summed E-state index contributed by atoms with van der Waals surface area (Å²) in [6.07, 6.45) is -4.51. The molecule has 0 saturated heterocycles. The second-order valence-corrected chi connectivity index (χ2v) is 2.82. The quantitative estimate of drug-likeness (QED) is 0.519. The standard InChI is InChI=1S/C4H7F3O.HO3P/c1-3(2,8)4(5,6)7;1-4(2)3/h8H,1-2H3;(H-,1,2,3)/p+1. The van der Waals surface area contributed by atoms with E-state index < -0.39 is 20.0 Å². The number of hydrogen-bond donors (Lipinski definition) is 3. The summed E-state index contributed by atoms with van der Waals surface area (Å²) in [4.78, 5) is 14.2. The van der Waals surface area contributed by atoms with Crippen LogP contribution in [0.3, 0.4) is 0 Å². The maximum Gasteiger partial charge on any atom is 0.692 e. The summed E-state index contributed by atoms with van der Waals surface area (Å²) < 4.78 is 42.6. The summed E-state index contributed by atoms with van der Waals surface area (Å²) in [7, 11) is -2.87. The maximum atomic E-state index is 11.3. The van der Waals surface area contributed by atoms with Crippen LogP contribution in [-0.2, 0) is 4.57 Å². The minimum Gasteiger partial charge on any atom is -0.381 e. The van der Waals surface area contributed by atoms with Crippen molar-refractivity contribution in [1.29, 1.82) is 0 Å². The van der Waals surface area contributed by atoms with E-state index in [9.17, 15) is 13.2 Å². The van der Waals surface area contributed by atoms with Gasteiger partial charge < -0.3 is 5.11 Å². The first-order valence-corrected chi connectivity index (χ1v) is 3.79. The van der Waals surface area contributed by atoms with Crippen LogP contribution in [0.1, 0.15) is 13.8 Å². The highest BCUT2D eigenvalue weighted by atomic mass is 31.1. The Kier molecular flexibility index (Phi) is 5.62. The fraction of sp³-hybridized carbons (Fsp3) is 1.00. The van der Waals surface area contributed by atoms with Crippen LogP contribution in [0.4, 0.5) is 13.2 Å². The molecule has 0 aliphatic carbocycles. The Hall–Kier alpha value is -0.230. The van der Waals surface area contributed by atoms with Crippen molar-refractivity contribution in [1.82, 2.24) is 0 Å². The van der Waals surface area contributed by atoms with Gasteiger partial charge in [0, 0.05) is 4.57 Å². The van der Waals surface area contributed by atoms with Gasteiger partial charge in [-0.25, -0.2) is 0 Å². The first-order valence-electron chi connectivity index (χ1n) is 2.62. The van der Waals surface area contributed by atoms with Crippen LogP contribution in [0, 0.1) is 0 Å². The zero-order valence-electron chi connectivity index (χ0n) is 6.33. The third-order valence-corrected chi connectivity index (χ3v) is 0.694. The summed E-state index contributed by atoms with van der Waals surface area (Å²) >= 11 is 0. The molecule has 0 fully saturated rings. The molecule has 0 aliphatic rings. The van der Waals surface area contributed by atoms with E-state index in [1.54, 1.807) is 0 Å². The number of aliphatic hydroxyl groups is 1. The highest BCUT2D eigenvalue weighted by Crippen LogP contribution is 2.28. The predicted octanol–water partition coefficient (Wildman–Crippen LogP) is 0.948. The third kappa shape index (κ3) is 9.77. The van der Waals surface area contributed by atoms with Crippen LogP contribution in [0.15, 0.2) is 0 Å². The molecule has 0 atom stereocenters. The smallest absolute Gasteiger partial charge is 0.381 e. The highest BCUT2D eigenvalue weighted by Gasteiger charge is 2.45. The van der Waals surface area contributed by atoms with Crippen molar-refractivity contribution in [3.8, 4) is 0 Å². The van der Waals surface area contributed by atoms with E-state index in [4.69, 9.17) is 19.5 Å². The summed E-state index contributed by atoms with van der Waals surface area (Å²) in [5.74, 6) is 0. The van der Waals surface area contributed by atoms with E-state index in [1.807, 2.05) is 0 Å². The van der Waals surface area contributed by atoms with Crippen molar-refractivity contribution < 1.29 is 32.6 Å². The first-order chi connectivity index (χ1) is 4.98. The number of halogens is 3. The van der Waals surface area contributed by atoms with Crippen molar-refractivity contribution in [2.75, 3.05) is 0 Å². The lowest BCUT2D eigenvalue weighted by atomic mass is 10.1. The molecule has 0 radical (unpaired) electrons. The average Bonchev–Trinajstić information content (AvgIpc) is 1.55. The van der Waals surface area contributed by atoms with Gasteiger partial charge in [0.25, 0.3) is 0 Å². The van der Waals surface area contributed by atoms with Crippen LogP contribution >= 0.6 is 8.25 Å². The van der Waals surface area contributed by atoms with Gasteiger partial charge in [0.2, 0.25) is 0 Å². The minimum atomic E-state index is -4.51. The lowest BCUT2D eigenvalue weighted by Crippen LogP contribution is -2.38. The molecule has 74 valence electrons. The van der Waals surface area contributed by atoms with Crippen molar-refractivity contribution >= 4 is 8.25 Å². The van der Waals surface area contributed by atoms with Crippen LogP contribution in [0.2, 0.25) is 0 Å². The molecule has 0 spiro atoms. The zero-order chi connectivity index (χ0) is 10.6. The highest BCUT2D eigenvalue weighted by molar-refractivity contribution is 7.30. The normalized spacial score (nSPS) is 11.7. The number of alkyl halides is 3. The topological polar surface area (TPSA) is 77.8 Å². The molecule has 0 saturated carbocycles. The molecule has 0 unspecified atom stereocenters. The first kappa shape index (κ1) is 14.3. The second kappa shape index (κ2) is 4.71. The van der Waals surface area contributed by atoms with E-state index in [0.29, 0.717) is 13.8 Å². The monoisotopic (exact) mass is 209 g/mol. The predicted molar refractivity (Wildman–Crippen MR) is 34.4 cm³/mol. The van der Waals surface area contributed by atoms with Gasteiger partial charge in [0.05, 0.1) is 0 Å². The molecule has 0 aromatic rings. The lowest BCUT2D eigenvalue weighted by molar-refractivity contribution is -0.245. The molecule has 12 heavy (non-hydrogen) atoms. The molecule has 0 heterocycles. The van der Waals surface area contributed by atoms with E-state index in [0.717, 1.165) is 0 Å². The second-order valence-electron chi connectivity index (χ2n) is 2.31. The van der Waals surface area contributed by atoms with Gasteiger partial charge in [-0.1, -0.05) is 0 Å². The fourth-order valence-electron chi connectivity index (χ4n) is 0. The van der Waals surface area contributed by atoms with E-state index in [2.05, 4.69) is 0 Å². The van der Waals surface area contributed by atoms with Gasteiger partial charge >= 0.3 is 14.4 Å². The molecule has 4 nitrogen and oxygen atoms in total. The van der Waals surface area contributed by atoms with E-state index in [-0.39, 0.29) is 0 Å². The Balaban J connectivity index is 0. The van der Waals surface area contributed by atoms with Gasteiger partial charge in [-0.3, -0.25) is 0 Å². The molecule has 0 bridgehead atoms. The van der Waals surface area contributed by atoms with Crippen LogP contribution < -0.4 is 0 Å². The van der Waals surface area contributed by atoms with Crippen LogP contribution in [-0.4, -0.2) is 26.7 Å². The number of hydrogen-bond acceptors (Lipinski definition) is 2. The Morgan fingerprint density at radius 1 is 1.17 bits per heavy atom. The summed E-state index contributed by atoms with van der Waals surface area (Å²) in [6.45, 7) is 1.40. The Morgan fingerprint density at radius 3 is 1.25 bits per heavy atom. The van der Waals surface area contributed by atoms with Gasteiger partial charge in [-0.2, -0.15) is 13.2 Å². The Labute approximate surface area is 67.6 Å². The minimum absolute atomic E-state index is 0.701. The van der Waals surface area contributed by atoms with Crippen molar-refractivity contribution in [3.05, 3.63) is 0 Å². The van der Waals surface area contributed by atoms with Crippen molar-refractivity contribution in [3.63, 3.8) is 0 Å². The SMILES string of the molecule is CC(C)(O)C(F)(F)F.O=[P+](O)O. The summed E-state index contributed by atoms with van der Waals surface area (Å²) in [5, 5.41) is 8.23. The molecular weight excluding hydrogens is 200 g/mol. The van der Waals surface area contributed by atoms with Crippen molar-refractivity contribution in [2.24, 2.45) is 0 Å². The number of rotatable bonds is 0. The Morgan fingerprint density at radius 2 is 1.25 bits per heavy atom. The van der Waals surface area contributed by atoms with Gasteiger partial charge in [0.15, 0.2) is 5.60 Å². The van der Waals surface area contributed by atoms with Crippen LogP contribution in [0.5, 0.6) is 0 Å². The largest absolute Gasteiger partial charge is 0.692 e. The summed E-state index contributed by atoms with van der Waals surface area (Å²) in [6, 6.07) is 0. The lowest BCUT2D eigenvalue weighted by Gasteiger charge is -2.20. The maximum absolute atomic E-state index is 11.3. The molecule has 0 aromatic carbocycles. The third-order valence-electron chi connectivity index (χ3n) is 0.694. The van der Waals surface area contributed by atoms with Gasteiger partial charge in [-0.15, -0.1) is 9.79 Å². The van der Waals surface area contributed by atoms with E-state index in [1.165, 1.54) is 0 Å². The molecule has 0 rings (SSSR count). The van der Waals surface area contributed by atoms with Gasteiger partial charge in [0.1, 0.15) is 0 Å². The summed E-state index contributed by atoms with van der Waals surface area (Å²) in [5.41, 5.74) is -2.56. The van der Waals surface area contributed by atoms with Gasteiger partial charge in [-0.05, 0) is 13.8 Å². The average molecular weight is 209 g/mol. The zero-order valence-corrected chi connectivity index (χ0v) is 7.23. The molecule has 0 aliphatic heterocycles. The molecule has 0 amide bonds. The Bertz CT molecular complexity index is 133.